The molecule has 25 heavy (non-hydrogen) atoms. The van der Waals surface area contributed by atoms with E-state index in [0.717, 1.165) is 28.4 Å². The number of carbonyl (C=O) groups is 1. The smallest absolute Gasteiger partial charge is 0.289 e. The molecular formula is C18H11FN4OS. The summed E-state index contributed by atoms with van der Waals surface area (Å²) in [5.74, 6) is 0.0253. The molecule has 1 aliphatic rings. The molecular weight excluding hydrogens is 339 g/mol. The van der Waals surface area contributed by atoms with Gasteiger partial charge in [0.2, 0.25) is 0 Å². The Kier molecular flexibility index (Phi) is 3.99. The Morgan fingerprint density at radius 2 is 1.92 bits per heavy atom. The number of hydrogen-bond donors (Lipinski definition) is 1. The van der Waals surface area contributed by atoms with E-state index in [2.05, 4.69) is 20.3 Å². The number of carbonyl (C=O) groups excluding carboxylic acids is 1. The number of rotatable bonds is 2. The van der Waals surface area contributed by atoms with E-state index in [1.165, 1.54) is 12.1 Å². The van der Waals surface area contributed by atoms with Gasteiger partial charge in [-0.2, -0.15) is 0 Å². The van der Waals surface area contributed by atoms with Crippen LogP contribution in [0.5, 0.6) is 0 Å². The fourth-order valence-corrected chi connectivity index (χ4v) is 3.14. The Morgan fingerprint density at radius 3 is 2.76 bits per heavy atom. The van der Waals surface area contributed by atoms with E-state index in [4.69, 9.17) is 0 Å². The predicted molar refractivity (Wildman–Crippen MR) is 97.1 cm³/mol. The highest BCUT2D eigenvalue weighted by Crippen LogP contribution is 2.29. The number of nitrogens with zero attached hydrogens (tertiary/aromatic N) is 3. The number of nitrogens with one attached hydrogen (secondary N) is 1. The Bertz CT molecular complexity index is 1050. The van der Waals surface area contributed by atoms with Crippen LogP contribution in [0, 0.1) is 5.82 Å². The molecule has 2 heterocycles. The van der Waals surface area contributed by atoms with Crippen molar-refractivity contribution in [2.24, 2.45) is 4.99 Å². The molecule has 122 valence electrons. The van der Waals surface area contributed by atoms with Gasteiger partial charge in [-0.25, -0.2) is 9.38 Å². The van der Waals surface area contributed by atoms with Crippen LogP contribution in [0.4, 0.5) is 14.9 Å². The van der Waals surface area contributed by atoms with Gasteiger partial charge in [0.15, 0.2) is 0 Å². The average Bonchev–Trinajstić information content (AvgIpc) is 2.94. The van der Waals surface area contributed by atoms with E-state index in [9.17, 15) is 9.18 Å². The Labute approximate surface area is 146 Å². The molecule has 0 bridgehead atoms. The number of amides is 1. The van der Waals surface area contributed by atoms with Crippen LogP contribution in [0.25, 0.3) is 17.1 Å². The molecule has 1 saturated heterocycles. The van der Waals surface area contributed by atoms with Crippen LogP contribution in [-0.4, -0.2) is 21.0 Å². The minimum absolute atomic E-state index is 0.220. The lowest BCUT2D eigenvalue weighted by Gasteiger charge is -2.01. The molecule has 0 radical (unpaired) electrons. The first-order valence-corrected chi connectivity index (χ1v) is 8.25. The molecule has 7 heteroatoms. The van der Waals surface area contributed by atoms with Crippen LogP contribution < -0.4 is 5.32 Å². The van der Waals surface area contributed by atoms with E-state index >= 15 is 0 Å². The van der Waals surface area contributed by atoms with Gasteiger partial charge in [0.1, 0.15) is 11.7 Å². The zero-order valence-electron chi connectivity index (χ0n) is 12.8. The van der Waals surface area contributed by atoms with Crippen LogP contribution in [0.1, 0.15) is 5.56 Å². The van der Waals surface area contributed by atoms with E-state index in [-0.39, 0.29) is 11.1 Å². The normalized spacial score (nSPS) is 17.4. The van der Waals surface area contributed by atoms with Gasteiger partial charge in [0.25, 0.3) is 5.24 Å². The van der Waals surface area contributed by atoms with Crippen LogP contribution in [0.2, 0.25) is 0 Å². The van der Waals surface area contributed by atoms with Gasteiger partial charge in [-0.15, -0.1) is 0 Å². The van der Waals surface area contributed by atoms with Crippen LogP contribution >= 0.6 is 11.8 Å². The maximum Gasteiger partial charge on any atom is 0.289 e. The molecule has 0 saturated carbocycles. The summed E-state index contributed by atoms with van der Waals surface area (Å²) in [6.07, 6.45) is 5.11. The quantitative estimate of drug-likeness (QED) is 0.748. The van der Waals surface area contributed by atoms with Crippen molar-refractivity contribution in [3.05, 3.63) is 71.1 Å². The molecule has 1 aromatic heterocycles. The number of aliphatic imine (C=N–C) groups is 1. The second kappa shape index (κ2) is 6.45. The van der Waals surface area contributed by atoms with Crippen molar-refractivity contribution in [1.29, 1.82) is 0 Å². The van der Waals surface area contributed by atoms with E-state index in [0.29, 0.717) is 16.4 Å². The fourth-order valence-electron chi connectivity index (χ4n) is 2.41. The molecule has 0 aliphatic carbocycles. The molecule has 1 fully saturated rings. The Balaban J connectivity index is 1.73. The topological polar surface area (TPSA) is 67.2 Å². The minimum atomic E-state index is -0.377. The molecule has 3 aromatic rings. The number of fused-ring (bicyclic) bond motifs is 1. The minimum Gasteiger partial charge on any atom is -0.300 e. The number of amidine groups is 1. The third-order valence-corrected chi connectivity index (χ3v) is 4.32. The highest BCUT2D eigenvalue weighted by Gasteiger charge is 2.23. The molecule has 2 aromatic carbocycles. The number of aromatic nitrogens is 2. The van der Waals surface area contributed by atoms with Gasteiger partial charge in [-0.3, -0.25) is 14.8 Å². The maximum atomic E-state index is 13.3. The summed E-state index contributed by atoms with van der Waals surface area (Å²) in [5.41, 5.74) is 2.88. The molecule has 4 rings (SSSR count). The molecule has 1 N–H and O–H groups in total. The van der Waals surface area contributed by atoms with Crippen molar-refractivity contribution >= 4 is 45.6 Å². The van der Waals surface area contributed by atoms with Crippen molar-refractivity contribution in [3.63, 3.8) is 0 Å². The van der Waals surface area contributed by atoms with Gasteiger partial charge in [0, 0.05) is 12.4 Å². The van der Waals surface area contributed by atoms with Crippen LogP contribution in [-0.2, 0) is 0 Å². The Morgan fingerprint density at radius 1 is 1.08 bits per heavy atom. The molecule has 5 nitrogen and oxygen atoms in total. The number of halogens is 1. The van der Waals surface area contributed by atoms with Crippen molar-refractivity contribution < 1.29 is 9.18 Å². The van der Waals surface area contributed by atoms with Crippen LogP contribution in [0.15, 0.2) is 64.8 Å². The average molecular weight is 350 g/mol. The third kappa shape index (κ3) is 3.41. The van der Waals surface area contributed by atoms with E-state index in [1.807, 2.05) is 24.3 Å². The van der Waals surface area contributed by atoms with Gasteiger partial charge < -0.3 is 5.32 Å². The first kappa shape index (κ1) is 15.5. The number of benzene rings is 2. The highest BCUT2D eigenvalue weighted by atomic mass is 32.2. The molecule has 1 amide bonds. The van der Waals surface area contributed by atoms with Crippen LogP contribution in [0.3, 0.4) is 0 Å². The monoisotopic (exact) mass is 350 g/mol. The first-order valence-electron chi connectivity index (χ1n) is 7.43. The second-order valence-corrected chi connectivity index (χ2v) is 6.28. The summed E-state index contributed by atoms with van der Waals surface area (Å²) in [6, 6.07) is 11.6. The SMILES string of the molecule is O=C1NC(=Nc2cccc(F)c2)/C(=C\c2ccc3nccnc3c2)S1. The lowest BCUT2D eigenvalue weighted by atomic mass is 10.1. The fraction of sp³-hybridized carbons (Fsp3) is 0. The maximum absolute atomic E-state index is 13.3. The van der Waals surface area contributed by atoms with E-state index < -0.39 is 0 Å². The summed E-state index contributed by atoms with van der Waals surface area (Å²) < 4.78 is 13.3. The summed E-state index contributed by atoms with van der Waals surface area (Å²) >= 11 is 1.05. The van der Waals surface area contributed by atoms with E-state index in [1.54, 1.807) is 24.5 Å². The van der Waals surface area contributed by atoms with Gasteiger partial charge in [0.05, 0.1) is 21.6 Å². The summed E-state index contributed by atoms with van der Waals surface area (Å²) in [5, 5.41) is 2.46. The summed E-state index contributed by atoms with van der Waals surface area (Å²) in [7, 11) is 0. The van der Waals surface area contributed by atoms with Gasteiger partial charge >= 0.3 is 0 Å². The third-order valence-electron chi connectivity index (χ3n) is 3.50. The highest BCUT2D eigenvalue weighted by molar-refractivity contribution is 8.18. The summed E-state index contributed by atoms with van der Waals surface area (Å²) in [6.45, 7) is 0. The largest absolute Gasteiger partial charge is 0.300 e. The van der Waals surface area contributed by atoms with Crippen molar-refractivity contribution in [2.75, 3.05) is 0 Å². The summed E-state index contributed by atoms with van der Waals surface area (Å²) in [4.78, 5) is 25.3. The first-order chi connectivity index (χ1) is 12.2. The Hall–Kier alpha value is -3.06. The van der Waals surface area contributed by atoms with Gasteiger partial charge in [-0.05, 0) is 53.7 Å². The second-order valence-electron chi connectivity index (χ2n) is 5.27. The molecule has 0 unspecified atom stereocenters. The molecule has 0 atom stereocenters. The number of thioether (sulfide) groups is 1. The zero-order chi connectivity index (χ0) is 17.2. The standard InChI is InChI=1S/C18H11FN4OS/c19-12-2-1-3-13(10-12)22-17-16(25-18(24)23-17)9-11-4-5-14-15(8-11)21-7-6-20-14/h1-10H,(H,22,23,24)/b16-9+. The predicted octanol–water partition coefficient (Wildman–Crippen LogP) is 4.30. The van der Waals surface area contributed by atoms with Gasteiger partial charge in [-0.1, -0.05) is 12.1 Å². The van der Waals surface area contributed by atoms with Crippen molar-refractivity contribution in [1.82, 2.24) is 15.3 Å². The molecule has 0 spiro atoms. The zero-order valence-corrected chi connectivity index (χ0v) is 13.6. The lowest BCUT2D eigenvalue weighted by Crippen LogP contribution is -2.18. The molecule has 1 aliphatic heterocycles. The number of hydrogen-bond acceptors (Lipinski definition) is 5. The lowest BCUT2D eigenvalue weighted by molar-refractivity contribution is 0.265. The van der Waals surface area contributed by atoms with Crippen molar-refractivity contribution in [3.8, 4) is 0 Å². The van der Waals surface area contributed by atoms with Crippen molar-refractivity contribution in [2.45, 2.75) is 0 Å².